The van der Waals surface area contributed by atoms with Crippen molar-refractivity contribution < 1.29 is 4.85 Å². The molecule has 0 amide bonds. The highest BCUT2D eigenvalue weighted by Crippen LogP contribution is 2.06. The lowest BCUT2D eigenvalue weighted by molar-refractivity contribution is -0.641. The van der Waals surface area contributed by atoms with Crippen molar-refractivity contribution >= 4 is 29.5 Å². The van der Waals surface area contributed by atoms with Gasteiger partial charge >= 0.3 is 0 Å². The Morgan fingerprint density at radius 2 is 1.95 bits per heavy atom. The summed E-state index contributed by atoms with van der Waals surface area (Å²) in [5.74, 6) is 0.327. The maximum Gasteiger partial charge on any atom is 0.292 e. The van der Waals surface area contributed by atoms with Gasteiger partial charge < -0.3 is 16.3 Å². The number of nitrogens with two attached hydrogens (primary N) is 1. The quantitative estimate of drug-likeness (QED) is 0.434. The summed E-state index contributed by atoms with van der Waals surface area (Å²) in [5.41, 5.74) is 6.22. The van der Waals surface area contributed by atoms with Crippen LogP contribution in [0.15, 0.2) is 18.3 Å². The molecule has 2 aromatic heterocycles. The second-order valence-corrected chi connectivity index (χ2v) is 4.64. The van der Waals surface area contributed by atoms with Gasteiger partial charge in [0.1, 0.15) is 0 Å². The highest BCUT2D eigenvalue weighted by Gasteiger charge is 2.10. The van der Waals surface area contributed by atoms with Crippen LogP contribution in [0.4, 0.5) is 5.95 Å². The molecule has 0 atom stereocenters. The standard InChI is InChI=1S/C13H20N6O.ClH/c14-8-4-2-1-3-5-9-16-13-17-12-11(19(20)18-13)7-6-10-15-12;/h6-7,10H,1-5,8-9,14H2,(H,15,16,17,18);1H. The van der Waals surface area contributed by atoms with E-state index < -0.39 is 0 Å². The molecule has 0 aliphatic rings. The molecule has 0 radical (unpaired) electrons. The predicted octanol–water partition coefficient (Wildman–Crippen LogP) is 1.40. The molecule has 8 heteroatoms. The molecule has 0 saturated carbocycles. The number of rotatable bonds is 8. The van der Waals surface area contributed by atoms with Gasteiger partial charge in [0.05, 0.1) is 5.10 Å². The van der Waals surface area contributed by atoms with Gasteiger partial charge in [-0.15, -0.1) is 12.4 Å². The molecular weight excluding hydrogens is 292 g/mol. The van der Waals surface area contributed by atoms with E-state index in [0.717, 1.165) is 32.4 Å². The number of hydrogen-bond acceptors (Lipinski definition) is 6. The van der Waals surface area contributed by atoms with Gasteiger partial charge in [0.25, 0.3) is 11.5 Å². The topological polar surface area (TPSA) is 104 Å². The van der Waals surface area contributed by atoms with E-state index in [1.54, 1.807) is 18.3 Å². The van der Waals surface area contributed by atoms with Crippen molar-refractivity contribution in [2.45, 2.75) is 32.1 Å². The molecule has 2 rings (SSSR count). The second kappa shape index (κ2) is 9.25. The fraction of sp³-hybridized carbons (Fsp3) is 0.538. The first-order chi connectivity index (χ1) is 9.81. The Bertz CT molecular complexity index is 553. The zero-order valence-corrected chi connectivity index (χ0v) is 12.7. The van der Waals surface area contributed by atoms with Gasteiger partial charge in [-0.05, 0) is 30.3 Å². The lowest BCUT2D eigenvalue weighted by Gasteiger charge is -2.04. The van der Waals surface area contributed by atoms with E-state index >= 15 is 0 Å². The average Bonchev–Trinajstić information content (AvgIpc) is 2.46. The van der Waals surface area contributed by atoms with E-state index in [2.05, 4.69) is 20.4 Å². The Hall–Kier alpha value is -1.73. The summed E-state index contributed by atoms with van der Waals surface area (Å²) in [4.78, 5) is 8.82. The first-order valence-electron chi connectivity index (χ1n) is 6.98. The van der Waals surface area contributed by atoms with Gasteiger partial charge in [0.15, 0.2) is 0 Å². The number of hydrogen-bond donors (Lipinski definition) is 2. The Morgan fingerprint density at radius 3 is 2.76 bits per heavy atom. The van der Waals surface area contributed by atoms with Crippen molar-refractivity contribution in [1.82, 2.24) is 15.1 Å². The first kappa shape index (κ1) is 17.3. The average molecular weight is 313 g/mol. The summed E-state index contributed by atoms with van der Waals surface area (Å²) in [6.07, 6.45) is 7.21. The summed E-state index contributed by atoms with van der Waals surface area (Å²) < 4.78 is 0. The molecule has 0 saturated heterocycles. The number of pyridine rings is 1. The van der Waals surface area contributed by atoms with Gasteiger partial charge in [-0.1, -0.05) is 19.3 Å². The normalized spacial score (nSPS) is 10.3. The fourth-order valence-corrected chi connectivity index (χ4v) is 1.96. The second-order valence-electron chi connectivity index (χ2n) is 4.64. The smallest absolute Gasteiger partial charge is 0.292 e. The van der Waals surface area contributed by atoms with Crippen LogP contribution in [-0.4, -0.2) is 28.2 Å². The fourth-order valence-electron chi connectivity index (χ4n) is 1.96. The molecule has 0 unspecified atom stereocenters. The summed E-state index contributed by atoms with van der Waals surface area (Å²) >= 11 is 0. The maximum absolute atomic E-state index is 11.7. The molecule has 0 aliphatic carbocycles. The zero-order valence-electron chi connectivity index (χ0n) is 11.9. The molecule has 116 valence electrons. The van der Waals surface area contributed by atoms with Crippen LogP contribution in [0.1, 0.15) is 32.1 Å². The third-order valence-corrected chi connectivity index (χ3v) is 3.03. The monoisotopic (exact) mass is 312 g/mol. The van der Waals surface area contributed by atoms with Gasteiger partial charge in [0.2, 0.25) is 5.65 Å². The van der Waals surface area contributed by atoms with Crippen LogP contribution in [0.25, 0.3) is 11.2 Å². The van der Waals surface area contributed by atoms with Gasteiger partial charge in [-0.3, -0.25) is 0 Å². The Morgan fingerprint density at radius 1 is 1.19 bits per heavy atom. The number of nitrogens with one attached hydrogen (secondary N) is 1. The Labute approximate surface area is 130 Å². The number of anilines is 1. The van der Waals surface area contributed by atoms with Crippen LogP contribution in [0.5, 0.6) is 0 Å². The van der Waals surface area contributed by atoms with E-state index in [1.807, 2.05) is 0 Å². The van der Waals surface area contributed by atoms with Crippen molar-refractivity contribution in [2.75, 3.05) is 18.4 Å². The van der Waals surface area contributed by atoms with Crippen LogP contribution >= 0.6 is 12.4 Å². The third kappa shape index (κ3) is 5.28. The molecular formula is C13H21ClN6O. The summed E-state index contributed by atoms with van der Waals surface area (Å²) in [6.45, 7) is 1.51. The molecule has 0 bridgehead atoms. The molecule has 2 aromatic rings. The highest BCUT2D eigenvalue weighted by atomic mass is 35.5. The van der Waals surface area contributed by atoms with E-state index in [4.69, 9.17) is 5.73 Å². The lowest BCUT2D eigenvalue weighted by Crippen LogP contribution is -2.33. The van der Waals surface area contributed by atoms with E-state index in [1.165, 1.54) is 12.8 Å². The number of unbranched alkanes of at least 4 members (excludes halogenated alkanes) is 4. The predicted molar refractivity (Wildman–Crippen MR) is 84.2 cm³/mol. The molecule has 21 heavy (non-hydrogen) atoms. The lowest BCUT2D eigenvalue weighted by atomic mass is 10.1. The first-order valence-corrected chi connectivity index (χ1v) is 6.98. The minimum Gasteiger partial charge on any atom is -0.594 e. The van der Waals surface area contributed by atoms with Crippen LogP contribution < -0.4 is 15.9 Å². The van der Waals surface area contributed by atoms with E-state index in [-0.39, 0.29) is 12.4 Å². The Kier molecular flexibility index (Phi) is 7.63. The molecule has 0 spiro atoms. The van der Waals surface area contributed by atoms with Gasteiger partial charge in [-0.25, -0.2) is 4.98 Å². The molecule has 7 nitrogen and oxygen atoms in total. The minimum atomic E-state index is 0. The summed E-state index contributed by atoms with van der Waals surface area (Å²) in [7, 11) is 0. The number of nitrogens with zero attached hydrogens (tertiary/aromatic N) is 4. The maximum atomic E-state index is 11.7. The van der Waals surface area contributed by atoms with Gasteiger partial charge in [-0.2, -0.15) is 4.98 Å². The molecule has 3 N–H and O–H groups in total. The third-order valence-electron chi connectivity index (χ3n) is 3.03. The number of fused-ring (bicyclic) bond motifs is 1. The minimum absolute atomic E-state index is 0. The van der Waals surface area contributed by atoms with Crippen molar-refractivity contribution in [3.8, 4) is 0 Å². The van der Waals surface area contributed by atoms with Crippen LogP contribution in [0.2, 0.25) is 0 Å². The zero-order chi connectivity index (χ0) is 14.2. The molecule has 0 aliphatic heterocycles. The van der Waals surface area contributed by atoms with E-state index in [0.29, 0.717) is 22.0 Å². The van der Waals surface area contributed by atoms with Crippen molar-refractivity contribution in [3.63, 3.8) is 0 Å². The molecule has 0 aromatic carbocycles. The van der Waals surface area contributed by atoms with Gasteiger partial charge in [0, 0.05) is 18.8 Å². The Balaban J connectivity index is 0.00000220. The molecule has 2 heterocycles. The van der Waals surface area contributed by atoms with E-state index in [9.17, 15) is 5.21 Å². The summed E-state index contributed by atoms with van der Waals surface area (Å²) in [5, 5.41) is 18.6. The van der Waals surface area contributed by atoms with Crippen molar-refractivity contribution in [1.29, 1.82) is 0 Å². The van der Waals surface area contributed by atoms with Crippen molar-refractivity contribution in [2.24, 2.45) is 5.73 Å². The van der Waals surface area contributed by atoms with Crippen LogP contribution in [0.3, 0.4) is 0 Å². The molecule has 0 fully saturated rings. The van der Waals surface area contributed by atoms with Crippen molar-refractivity contribution in [3.05, 3.63) is 23.5 Å². The SMILES string of the molecule is Cl.NCCCCCCCNc1nc2ncccc2[n+]([O-])n1. The largest absolute Gasteiger partial charge is 0.594 e. The van der Waals surface area contributed by atoms with Crippen LogP contribution in [0, 0.1) is 5.21 Å². The summed E-state index contributed by atoms with van der Waals surface area (Å²) in [6, 6.07) is 3.34. The highest BCUT2D eigenvalue weighted by molar-refractivity contribution is 5.85. The van der Waals surface area contributed by atoms with Crippen LogP contribution in [-0.2, 0) is 0 Å². The number of aromatic nitrogens is 4. The number of halogens is 1.